The molecule has 0 aliphatic heterocycles. The fraction of sp³-hybridized carbons (Fsp3) is 0.952. The number of phosphoric ester groups is 2. The van der Waals surface area contributed by atoms with Crippen molar-refractivity contribution in [3.05, 3.63) is 0 Å². The predicted octanol–water partition coefficient (Wildman–Crippen LogP) is 25.5. The number of hydrogen-bond donors (Lipinski definition) is 3. The maximum atomic E-state index is 13.1. The van der Waals surface area contributed by atoms with Crippen molar-refractivity contribution in [2.45, 2.75) is 464 Å². The Labute approximate surface area is 632 Å². The second kappa shape index (κ2) is 75.5. The van der Waals surface area contributed by atoms with Gasteiger partial charge in [0.1, 0.15) is 19.3 Å². The van der Waals surface area contributed by atoms with Gasteiger partial charge >= 0.3 is 39.5 Å². The topological polar surface area (TPSA) is 237 Å². The first-order chi connectivity index (χ1) is 49.9. The Bertz CT molecular complexity index is 1980. The first-order valence-electron chi connectivity index (χ1n) is 43.5. The average Bonchev–Trinajstić information content (AvgIpc) is 0.942. The molecule has 0 saturated heterocycles. The van der Waals surface area contributed by atoms with Crippen molar-refractivity contribution in [3.63, 3.8) is 0 Å². The molecule has 0 bridgehead atoms. The van der Waals surface area contributed by atoms with Crippen LogP contribution in [0.25, 0.3) is 0 Å². The summed E-state index contributed by atoms with van der Waals surface area (Å²) >= 11 is 0. The zero-order chi connectivity index (χ0) is 75.6. The average molecular weight is 1510 g/mol. The SMILES string of the molecule is CCCCCCCCCCCCCCCCCCCCCCC(=O)O[C@H](COC(=O)CCCCCCCCCCCCCCCCCC(C)C)COP(=O)(O)OC[C@@H](O)COP(=O)(O)OC[C@@H](COC(=O)CCCCCCCCCCCC(C)C)OC(=O)CCCCCCCCCCCCCCC. The van der Waals surface area contributed by atoms with E-state index < -0.39 is 97.5 Å². The Morgan fingerprint density at radius 1 is 0.262 bits per heavy atom. The summed E-state index contributed by atoms with van der Waals surface area (Å²) in [7, 11) is -9.92. The fourth-order valence-electron chi connectivity index (χ4n) is 13.1. The molecule has 0 rings (SSSR count). The molecule has 0 saturated carbocycles. The van der Waals surface area contributed by atoms with Gasteiger partial charge in [0.05, 0.1) is 26.4 Å². The van der Waals surface area contributed by atoms with Gasteiger partial charge in [-0.3, -0.25) is 37.3 Å². The maximum Gasteiger partial charge on any atom is 0.472 e. The third-order valence-corrected chi connectivity index (χ3v) is 21.6. The molecule has 0 aliphatic rings. The first kappa shape index (κ1) is 101. The Morgan fingerprint density at radius 3 is 0.660 bits per heavy atom. The second-order valence-electron chi connectivity index (χ2n) is 31.2. The van der Waals surface area contributed by atoms with Crippen LogP contribution in [-0.4, -0.2) is 96.7 Å². The predicted molar refractivity (Wildman–Crippen MR) is 423 cm³/mol. The van der Waals surface area contributed by atoms with Crippen LogP contribution in [0.4, 0.5) is 0 Å². The molecule has 0 amide bonds. The van der Waals surface area contributed by atoms with Crippen LogP contribution in [0.2, 0.25) is 0 Å². The van der Waals surface area contributed by atoms with Crippen LogP contribution in [0, 0.1) is 11.8 Å². The Kier molecular flexibility index (Phi) is 74.1. The number of unbranched alkanes of at least 4 members (excludes halogenated alkanes) is 53. The molecule has 0 aromatic rings. The normalized spacial score (nSPS) is 13.9. The summed E-state index contributed by atoms with van der Waals surface area (Å²) in [4.78, 5) is 73.2. The van der Waals surface area contributed by atoms with E-state index in [9.17, 15) is 43.2 Å². The molecule has 2 unspecified atom stereocenters. The number of carbonyl (C=O) groups is 4. The van der Waals surface area contributed by atoms with Gasteiger partial charge in [-0.1, -0.05) is 395 Å². The minimum atomic E-state index is -4.96. The summed E-state index contributed by atoms with van der Waals surface area (Å²) in [5, 5.41) is 10.7. The standard InChI is InChI=1S/C84H164O17P2/c1-7-9-11-13-15-17-19-21-22-23-24-25-26-29-34-38-44-51-57-63-69-84(89)100-79(72-94-81(86)66-60-54-48-42-36-33-30-27-28-32-35-40-46-52-58-64-76(3)4)74-98-102(90,91)96-70-78(85)71-97-103(92,93)99-75-80(73-95-82(87)67-61-55-49-45-39-41-47-53-59-65-77(5)6)101-83(88)68-62-56-50-43-37-31-20-18-16-14-12-10-8-2/h76-80,85H,7-75H2,1-6H3,(H,90,91)(H,92,93)/t78-,79-,80-/m1/s1. The summed E-state index contributed by atoms with van der Waals surface area (Å²) in [6.45, 7) is 9.67. The Morgan fingerprint density at radius 2 is 0.447 bits per heavy atom. The van der Waals surface area contributed by atoms with E-state index in [1.54, 1.807) is 0 Å². The van der Waals surface area contributed by atoms with Gasteiger partial charge in [0.25, 0.3) is 0 Å². The van der Waals surface area contributed by atoms with Crippen molar-refractivity contribution in [1.29, 1.82) is 0 Å². The molecule has 19 heteroatoms. The summed E-state index contributed by atoms with van der Waals surface area (Å²) in [6, 6.07) is 0. The van der Waals surface area contributed by atoms with Crippen molar-refractivity contribution in [2.75, 3.05) is 39.6 Å². The van der Waals surface area contributed by atoms with Gasteiger partial charge in [0.2, 0.25) is 0 Å². The van der Waals surface area contributed by atoms with Crippen molar-refractivity contribution in [3.8, 4) is 0 Å². The van der Waals surface area contributed by atoms with E-state index in [4.69, 9.17) is 37.0 Å². The number of phosphoric acid groups is 2. The number of carbonyl (C=O) groups excluding carboxylic acids is 4. The molecule has 0 aromatic carbocycles. The molecule has 0 radical (unpaired) electrons. The molecule has 103 heavy (non-hydrogen) atoms. The van der Waals surface area contributed by atoms with E-state index in [1.165, 1.54) is 263 Å². The van der Waals surface area contributed by atoms with Crippen molar-refractivity contribution >= 4 is 39.5 Å². The lowest BCUT2D eigenvalue weighted by molar-refractivity contribution is -0.161. The molecule has 612 valence electrons. The van der Waals surface area contributed by atoms with E-state index >= 15 is 0 Å². The molecule has 0 fully saturated rings. The second-order valence-corrected chi connectivity index (χ2v) is 34.1. The quantitative estimate of drug-likeness (QED) is 0.0222. The van der Waals surface area contributed by atoms with Gasteiger partial charge < -0.3 is 33.8 Å². The van der Waals surface area contributed by atoms with Crippen LogP contribution in [0.3, 0.4) is 0 Å². The van der Waals surface area contributed by atoms with Gasteiger partial charge in [-0.15, -0.1) is 0 Å². The lowest BCUT2D eigenvalue weighted by Crippen LogP contribution is -2.30. The fourth-order valence-corrected chi connectivity index (χ4v) is 14.6. The zero-order valence-corrected chi connectivity index (χ0v) is 69.4. The highest BCUT2D eigenvalue weighted by atomic mass is 31.2. The highest BCUT2D eigenvalue weighted by molar-refractivity contribution is 7.47. The Balaban J connectivity index is 5.24. The molecular formula is C84H164O17P2. The van der Waals surface area contributed by atoms with Gasteiger partial charge in [-0.25, -0.2) is 9.13 Å². The van der Waals surface area contributed by atoms with Crippen LogP contribution in [0.15, 0.2) is 0 Å². The number of hydrogen-bond acceptors (Lipinski definition) is 15. The third-order valence-electron chi connectivity index (χ3n) is 19.7. The molecule has 17 nitrogen and oxygen atoms in total. The van der Waals surface area contributed by atoms with E-state index in [2.05, 4.69) is 41.5 Å². The number of rotatable bonds is 83. The summed E-state index contributed by atoms with van der Waals surface area (Å²) in [5.74, 6) is -0.553. The highest BCUT2D eigenvalue weighted by Gasteiger charge is 2.30. The van der Waals surface area contributed by atoms with Crippen LogP contribution < -0.4 is 0 Å². The van der Waals surface area contributed by atoms with E-state index in [-0.39, 0.29) is 25.7 Å². The van der Waals surface area contributed by atoms with Crippen LogP contribution in [-0.2, 0) is 65.4 Å². The van der Waals surface area contributed by atoms with Gasteiger partial charge in [-0.2, -0.15) is 0 Å². The molecule has 3 N–H and O–H groups in total. The van der Waals surface area contributed by atoms with Gasteiger partial charge in [0, 0.05) is 25.7 Å². The number of aliphatic hydroxyl groups excluding tert-OH is 1. The summed E-state index contributed by atoms with van der Waals surface area (Å²) < 4.78 is 68.8. The number of ether oxygens (including phenoxy) is 4. The monoisotopic (exact) mass is 1510 g/mol. The van der Waals surface area contributed by atoms with Crippen molar-refractivity contribution in [1.82, 2.24) is 0 Å². The van der Waals surface area contributed by atoms with Crippen LogP contribution in [0.5, 0.6) is 0 Å². The van der Waals surface area contributed by atoms with Gasteiger partial charge in [0.15, 0.2) is 12.2 Å². The van der Waals surface area contributed by atoms with E-state index in [1.807, 2.05) is 0 Å². The minimum Gasteiger partial charge on any atom is -0.462 e. The highest BCUT2D eigenvalue weighted by Crippen LogP contribution is 2.45. The number of aliphatic hydroxyl groups is 1. The van der Waals surface area contributed by atoms with Crippen molar-refractivity contribution in [2.24, 2.45) is 11.8 Å². The lowest BCUT2D eigenvalue weighted by atomic mass is 10.0. The van der Waals surface area contributed by atoms with Gasteiger partial charge in [-0.05, 0) is 37.5 Å². The number of esters is 4. The zero-order valence-electron chi connectivity index (χ0n) is 67.6. The van der Waals surface area contributed by atoms with E-state index in [0.717, 1.165) is 102 Å². The van der Waals surface area contributed by atoms with E-state index in [0.29, 0.717) is 25.7 Å². The maximum absolute atomic E-state index is 13.1. The molecule has 0 spiro atoms. The minimum absolute atomic E-state index is 0.108. The van der Waals surface area contributed by atoms with Crippen LogP contribution in [0.1, 0.15) is 446 Å². The largest absolute Gasteiger partial charge is 0.472 e. The molecule has 0 heterocycles. The molecule has 5 atom stereocenters. The smallest absolute Gasteiger partial charge is 0.462 e. The lowest BCUT2D eigenvalue weighted by Gasteiger charge is -2.21. The summed E-state index contributed by atoms with van der Waals surface area (Å²) in [5.41, 5.74) is 0. The molecular weight excluding hydrogens is 1340 g/mol. The first-order valence-corrected chi connectivity index (χ1v) is 46.5. The van der Waals surface area contributed by atoms with Crippen LogP contribution >= 0.6 is 15.6 Å². The Hall–Kier alpha value is -1.94. The third kappa shape index (κ3) is 78.0. The molecule has 0 aromatic heterocycles. The summed E-state index contributed by atoms with van der Waals surface area (Å²) in [6.07, 6.45) is 66.6. The van der Waals surface area contributed by atoms with Crippen molar-refractivity contribution < 1.29 is 80.2 Å². The molecule has 0 aliphatic carbocycles.